The number of benzene rings is 3. The summed E-state index contributed by atoms with van der Waals surface area (Å²) in [7, 11) is 0. The summed E-state index contributed by atoms with van der Waals surface area (Å²) in [5.41, 5.74) is 3.73. The first kappa shape index (κ1) is 28.0. The summed E-state index contributed by atoms with van der Waals surface area (Å²) >= 11 is 0. The Morgan fingerprint density at radius 2 is 1.32 bits per heavy atom. The minimum atomic E-state index is -0.810. The number of rotatable bonds is 13. The Morgan fingerprint density at radius 1 is 0.684 bits per heavy atom. The average Bonchev–Trinajstić information content (AvgIpc) is 2.96. The van der Waals surface area contributed by atoms with Crippen LogP contribution in [0.5, 0.6) is 0 Å². The molecule has 3 aromatic rings. The molecule has 0 amide bonds. The predicted octanol–water partition coefficient (Wildman–Crippen LogP) is 10.6. The van der Waals surface area contributed by atoms with E-state index in [0.29, 0.717) is 29.7 Å². The van der Waals surface area contributed by atoms with Crippen molar-refractivity contribution in [3.8, 4) is 22.3 Å². The van der Waals surface area contributed by atoms with Gasteiger partial charge in [-0.15, -0.1) is 0 Å². The SMILES string of the molecule is CCCCCCCCC1(OCCC)C=CC(c2ccc(-c3ccc(-c4ccccc4)cc3)c(F)c2F)=CC1. The Labute approximate surface area is 227 Å². The van der Waals surface area contributed by atoms with E-state index < -0.39 is 11.6 Å². The highest BCUT2D eigenvalue weighted by Gasteiger charge is 2.29. The zero-order valence-corrected chi connectivity index (χ0v) is 22.8. The molecule has 38 heavy (non-hydrogen) atoms. The Hall–Kier alpha value is -3.04. The molecule has 0 spiro atoms. The summed E-state index contributed by atoms with van der Waals surface area (Å²) in [6.45, 7) is 5.04. The van der Waals surface area contributed by atoms with Gasteiger partial charge >= 0.3 is 0 Å². The van der Waals surface area contributed by atoms with E-state index in [2.05, 4.69) is 19.9 Å². The molecule has 1 aliphatic carbocycles. The first-order chi connectivity index (χ1) is 18.6. The van der Waals surface area contributed by atoms with Crippen LogP contribution >= 0.6 is 0 Å². The third-order valence-corrected chi connectivity index (χ3v) is 7.48. The molecule has 0 fully saturated rings. The van der Waals surface area contributed by atoms with Gasteiger partial charge in [0.2, 0.25) is 0 Å². The molecule has 3 aromatic carbocycles. The normalized spacial score (nSPS) is 17.0. The van der Waals surface area contributed by atoms with Crippen molar-refractivity contribution >= 4 is 5.57 Å². The summed E-state index contributed by atoms with van der Waals surface area (Å²) in [5.74, 6) is -1.61. The molecular formula is C35H40F2O. The zero-order valence-electron chi connectivity index (χ0n) is 22.8. The molecule has 1 nitrogen and oxygen atoms in total. The number of hydrogen-bond acceptors (Lipinski definition) is 1. The molecule has 0 bridgehead atoms. The Balaban J connectivity index is 1.47. The molecule has 0 heterocycles. The van der Waals surface area contributed by atoms with Gasteiger partial charge in [-0.1, -0.05) is 137 Å². The van der Waals surface area contributed by atoms with Crippen LogP contribution in [0.25, 0.3) is 27.8 Å². The molecule has 0 saturated heterocycles. The second-order valence-corrected chi connectivity index (χ2v) is 10.4. The van der Waals surface area contributed by atoms with Gasteiger partial charge in [0.15, 0.2) is 11.6 Å². The monoisotopic (exact) mass is 514 g/mol. The lowest BCUT2D eigenvalue weighted by molar-refractivity contribution is -0.0143. The van der Waals surface area contributed by atoms with Crippen molar-refractivity contribution < 1.29 is 13.5 Å². The van der Waals surface area contributed by atoms with Crippen molar-refractivity contribution in [2.75, 3.05) is 6.61 Å². The minimum Gasteiger partial charge on any atom is -0.371 e. The average molecular weight is 515 g/mol. The van der Waals surface area contributed by atoms with Gasteiger partial charge < -0.3 is 4.74 Å². The standard InChI is InChI=1S/C35H40F2O/c1-3-5-6-7-8-12-23-35(38-26-4-2)24-21-30(22-25-35)32-20-19-31(33(36)34(32)37)29-17-15-28(16-18-29)27-13-10-9-11-14-27/h9-11,13-22,24H,3-8,12,23,25-26H2,1-2H3. The van der Waals surface area contributed by atoms with Crippen LogP contribution in [0.15, 0.2) is 85.0 Å². The van der Waals surface area contributed by atoms with Crippen molar-refractivity contribution in [1.29, 1.82) is 0 Å². The van der Waals surface area contributed by atoms with Crippen LogP contribution in [-0.2, 0) is 4.74 Å². The van der Waals surface area contributed by atoms with Gasteiger partial charge in [-0.05, 0) is 41.5 Å². The maximum Gasteiger partial charge on any atom is 0.167 e. The number of halogens is 2. The number of allylic oxidation sites excluding steroid dienone is 2. The van der Waals surface area contributed by atoms with E-state index in [4.69, 9.17) is 4.74 Å². The van der Waals surface area contributed by atoms with Gasteiger partial charge in [0.25, 0.3) is 0 Å². The van der Waals surface area contributed by atoms with E-state index in [9.17, 15) is 0 Å². The highest BCUT2D eigenvalue weighted by Crippen LogP contribution is 2.37. The van der Waals surface area contributed by atoms with E-state index in [1.807, 2.05) is 66.7 Å². The molecule has 1 unspecified atom stereocenters. The summed E-state index contributed by atoms with van der Waals surface area (Å²) < 4.78 is 36.9. The van der Waals surface area contributed by atoms with Gasteiger partial charge in [-0.3, -0.25) is 0 Å². The van der Waals surface area contributed by atoms with E-state index in [-0.39, 0.29) is 11.2 Å². The van der Waals surface area contributed by atoms with Gasteiger partial charge in [0.05, 0.1) is 5.60 Å². The van der Waals surface area contributed by atoms with E-state index in [1.54, 1.807) is 12.1 Å². The molecule has 200 valence electrons. The fourth-order valence-electron chi connectivity index (χ4n) is 5.20. The Kier molecular flexibility index (Phi) is 10.1. The third-order valence-electron chi connectivity index (χ3n) is 7.48. The fourth-order valence-corrected chi connectivity index (χ4v) is 5.20. The first-order valence-corrected chi connectivity index (χ1v) is 14.2. The van der Waals surface area contributed by atoms with E-state index >= 15 is 8.78 Å². The van der Waals surface area contributed by atoms with Gasteiger partial charge in [0, 0.05) is 17.7 Å². The van der Waals surface area contributed by atoms with Crippen LogP contribution in [0.4, 0.5) is 8.78 Å². The summed E-state index contributed by atoms with van der Waals surface area (Å²) in [5, 5.41) is 0. The van der Waals surface area contributed by atoms with Crippen molar-refractivity contribution in [3.63, 3.8) is 0 Å². The molecule has 4 rings (SSSR count). The quantitative estimate of drug-likeness (QED) is 0.206. The van der Waals surface area contributed by atoms with Crippen LogP contribution in [0.2, 0.25) is 0 Å². The minimum absolute atomic E-state index is 0.273. The molecule has 1 atom stereocenters. The van der Waals surface area contributed by atoms with Crippen molar-refractivity contribution in [1.82, 2.24) is 0 Å². The smallest absolute Gasteiger partial charge is 0.167 e. The molecular weight excluding hydrogens is 474 g/mol. The second-order valence-electron chi connectivity index (χ2n) is 10.4. The third kappa shape index (κ3) is 6.88. The lowest BCUT2D eigenvalue weighted by Crippen LogP contribution is -2.31. The van der Waals surface area contributed by atoms with Crippen LogP contribution in [0, 0.1) is 11.6 Å². The van der Waals surface area contributed by atoms with Gasteiger partial charge in [-0.2, -0.15) is 0 Å². The number of unbranched alkanes of at least 4 members (excludes halogenated alkanes) is 5. The molecule has 0 saturated carbocycles. The van der Waals surface area contributed by atoms with E-state index in [0.717, 1.165) is 30.4 Å². The topological polar surface area (TPSA) is 9.23 Å². The maximum absolute atomic E-state index is 15.3. The molecule has 0 N–H and O–H groups in total. The van der Waals surface area contributed by atoms with Crippen molar-refractivity contribution in [2.45, 2.75) is 77.2 Å². The molecule has 1 aliphatic rings. The number of ether oxygens (including phenoxy) is 1. The zero-order chi connectivity index (χ0) is 26.8. The van der Waals surface area contributed by atoms with Crippen molar-refractivity contribution in [3.05, 3.63) is 102 Å². The Morgan fingerprint density at radius 3 is 2.00 bits per heavy atom. The first-order valence-electron chi connectivity index (χ1n) is 14.2. The maximum atomic E-state index is 15.3. The second kappa shape index (κ2) is 13.7. The highest BCUT2D eigenvalue weighted by atomic mass is 19.2. The molecule has 0 aliphatic heterocycles. The van der Waals surface area contributed by atoms with E-state index in [1.165, 1.54) is 32.1 Å². The predicted molar refractivity (Wildman–Crippen MR) is 156 cm³/mol. The van der Waals surface area contributed by atoms with Crippen LogP contribution < -0.4 is 0 Å². The largest absolute Gasteiger partial charge is 0.371 e. The van der Waals surface area contributed by atoms with Gasteiger partial charge in [0.1, 0.15) is 0 Å². The summed E-state index contributed by atoms with van der Waals surface area (Å²) in [6, 6.07) is 21.0. The van der Waals surface area contributed by atoms with Crippen LogP contribution in [0.3, 0.4) is 0 Å². The van der Waals surface area contributed by atoms with Crippen molar-refractivity contribution in [2.24, 2.45) is 0 Å². The number of hydrogen-bond donors (Lipinski definition) is 0. The fraction of sp³-hybridized carbons (Fsp3) is 0.371. The molecule has 0 aromatic heterocycles. The summed E-state index contributed by atoms with van der Waals surface area (Å²) in [6.07, 6.45) is 16.0. The highest BCUT2D eigenvalue weighted by molar-refractivity contribution is 5.78. The van der Waals surface area contributed by atoms with Crippen LogP contribution in [-0.4, -0.2) is 12.2 Å². The van der Waals surface area contributed by atoms with Gasteiger partial charge in [-0.25, -0.2) is 8.78 Å². The Bertz CT molecular complexity index is 1230. The lowest BCUT2D eigenvalue weighted by atomic mass is 9.84. The van der Waals surface area contributed by atoms with Crippen LogP contribution in [0.1, 0.15) is 77.2 Å². The molecule has 3 heteroatoms. The lowest BCUT2D eigenvalue weighted by Gasteiger charge is -2.33. The summed E-state index contributed by atoms with van der Waals surface area (Å²) in [4.78, 5) is 0. The molecule has 0 radical (unpaired) electrons.